The molecule has 31 heavy (non-hydrogen) atoms. The van der Waals surface area contributed by atoms with E-state index in [9.17, 15) is 0 Å². The standard InChI is InChI=1S/C22H23ClN4O3S/c1-28-16-9-6-15(7-10-16)25-21-18(20(23)26-22(27-21)31-4)13-24-12-14-5-8-17(29-2)11-19(14)30-3/h5-11,13H,12H2,1-4H3,(H,25,26,27)/i1D3. The summed E-state index contributed by atoms with van der Waals surface area (Å²) in [6.45, 7) is 0.342. The number of aliphatic imine (C=N–C) groups is 1. The molecule has 0 saturated carbocycles. The number of anilines is 2. The van der Waals surface area contributed by atoms with E-state index >= 15 is 0 Å². The molecule has 0 amide bonds. The second-order valence-electron chi connectivity index (χ2n) is 6.16. The van der Waals surface area contributed by atoms with Gasteiger partial charge < -0.3 is 19.5 Å². The van der Waals surface area contributed by atoms with Gasteiger partial charge in [-0.1, -0.05) is 23.4 Å². The van der Waals surface area contributed by atoms with E-state index in [0.29, 0.717) is 40.3 Å². The SMILES string of the molecule is [2H]C([2H])([2H])Oc1ccc(Nc2nc(SC)nc(Cl)c2C=NCc2ccc(OC)cc2OC)cc1. The van der Waals surface area contributed by atoms with Crippen LogP contribution in [-0.4, -0.2) is 43.7 Å². The van der Waals surface area contributed by atoms with Crippen molar-refractivity contribution in [1.29, 1.82) is 0 Å². The monoisotopic (exact) mass is 461 g/mol. The number of thioether (sulfide) groups is 1. The van der Waals surface area contributed by atoms with Gasteiger partial charge in [-0.25, -0.2) is 9.97 Å². The molecule has 0 bridgehead atoms. The number of benzene rings is 2. The molecule has 0 unspecified atom stereocenters. The van der Waals surface area contributed by atoms with E-state index in [-0.39, 0.29) is 10.9 Å². The number of nitrogens with one attached hydrogen (secondary N) is 1. The van der Waals surface area contributed by atoms with Gasteiger partial charge in [0, 0.05) is 23.5 Å². The average molecular weight is 462 g/mol. The molecule has 3 aromatic rings. The minimum atomic E-state index is -2.52. The number of rotatable bonds is 9. The first-order chi connectivity index (χ1) is 16.2. The highest BCUT2D eigenvalue weighted by molar-refractivity contribution is 7.98. The van der Waals surface area contributed by atoms with E-state index < -0.39 is 7.04 Å². The van der Waals surface area contributed by atoms with Gasteiger partial charge >= 0.3 is 0 Å². The molecule has 0 aliphatic heterocycles. The number of halogens is 1. The van der Waals surface area contributed by atoms with Crippen LogP contribution in [0.15, 0.2) is 52.6 Å². The van der Waals surface area contributed by atoms with Gasteiger partial charge in [0.2, 0.25) is 0 Å². The van der Waals surface area contributed by atoms with Crippen molar-refractivity contribution in [3.63, 3.8) is 0 Å². The van der Waals surface area contributed by atoms with Crippen molar-refractivity contribution in [2.75, 3.05) is 32.8 Å². The van der Waals surface area contributed by atoms with Gasteiger partial charge in [-0.05, 0) is 42.7 Å². The number of ether oxygens (including phenoxy) is 3. The highest BCUT2D eigenvalue weighted by Gasteiger charge is 2.12. The van der Waals surface area contributed by atoms with Crippen LogP contribution in [0.3, 0.4) is 0 Å². The summed E-state index contributed by atoms with van der Waals surface area (Å²) in [4.78, 5) is 13.3. The second kappa shape index (κ2) is 10.9. The predicted octanol–water partition coefficient (Wildman–Crippen LogP) is 5.24. The summed E-state index contributed by atoms with van der Waals surface area (Å²) in [5, 5.41) is 3.92. The molecule has 0 saturated heterocycles. The Hall–Kier alpha value is -2.97. The van der Waals surface area contributed by atoms with Crippen LogP contribution in [0.4, 0.5) is 11.5 Å². The Morgan fingerprint density at radius 2 is 1.87 bits per heavy atom. The van der Waals surface area contributed by atoms with Crippen LogP contribution in [0.5, 0.6) is 17.2 Å². The van der Waals surface area contributed by atoms with Crippen molar-refractivity contribution in [1.82, 2.24) is 9.97 Å². The summed E-state index contributed by atoms with van der Waals surface area (Å²) >= 11 is 7.79. The summed E-state index contributed by atoms with van der Waals surface area (Å²) in [6.07, 6.45) is 3.45. The lowest BCUT2D eigenvalue weighted by Gasteiger charge is -2.12. The molecule has 2 aromatic carbocycles. The third kappa shape index (κ3) is 5.80. The van der Waals surface area contributed by atoms with E-state index in [1.54, 1.807) is 50.8 Å². The zero-order chi connectivity index (χ0) is 24.7. The van der Waals surface area contributed by atoms with Gasteiger partial charge in [-0.3, -0.25) is 4.99 Å². The van der Waals surface area contributed by atoms with Crippen molar-refractivity contribution in [2.24, 2.45) is 4.99 Å². The maximum absolute atomic E-state index is 7.20. The van der Waals surface area contributed by atoms with Crippen molar-refractivity contribution < 1.29 is 18.3 Å². The van der Waals surface area contributed by atoms with Crippen LogP contribution in [0.25, 0.3) is 0 Å². The maximum Gasteiger partial charge on any atom is 0.190 e. The molecule has 0 radical (unpaired) electrons. The summed E-state index contributed by atoms with van der Waals surface area (Å²) < 4.78 is 37.2. The Morgan fingerprint density at radius 1 is 1.10 bits per heavy atom. The summed E-state index contributed by atoms with van der Waals surface area (Å²) in [5.74, 6) is 2.04. The lowest BCUT2D eigenvalue weighted by atomic mass is 10.2. The maximum atomic E-state index is 7.20. The molecule has 0 aliphatic rings. The third-order valence-electron chi connectivity index (χ3n) is 4.27. The first-order valence-electron chi connectivity index (χ1n) is 10.6. The van der Waals surface area contributed by atoms with E-state index in [1.807, 2.05) is 18.4 Å². The highest BCUT2D eigenvalue weighted by atomic mass is 35.5. The fourth-order valence-corrected chi connectivity index (χ4v) is 3.32. The Kier molecular flexibility index (Phi) is 6.59. The van der Waals surface area contributed by atoms with Gasteiger partial charge in [0.1, 0.15) is 28.2 Å². The van der Waals surface area contributed by atoms with Crippen LogP contribution < -0.4 is 19.5 Å². The van der Waals surface area contributed by atoms with Gasteiger partial charge in [0.15, 0.2) is 5.16 Å². The summed E-state index contributed by atoms with van der Waals surface area (Å²) in [6, 6.07) is 12.0. The minimum Gasteiger partial charge on any atom is -0.497 e. The molecule has 0 fully saturated rings. The molecule has 7 nitrogen and oxygen atoms in total. The molecule has 0 aliphatic carbocycles. The quantitative estimate of drug-likeness (QED) is 0.202. The van der Waals surface area contributed by atoms with E-state index in [0.717, 1.165) is 5.56 Å². The molecule has 1 heterocycles. The van der Waals surface area contributed by atoms with Crippen LogP contribution in [0, 0.1) is 0 Å². The topological polar surface area (TPSA) is 77.9 Å². The highest BCUT2D eigenvalue weighted by Crippen LogP contribution is 2.28. The average Bonchev–Trinajstić information content (AvgIpc) is 2.80. The largest absolute Gasteiger partial charge is 0.497 e. The lowest BCUT2D eigenvalue weighted by Crippen LogP contribution is -2.03. The number of methoxy groups -OCH3 is 3. The number of aromatic nitrogens is 2. The van der Waals surface area contributed by atoms with Crippen LogP contribution in [0.1, 0.15) is 15.2 Å². The molecular formula is C22H23ClN4O3S. The molecule has 3 rings (SSSR count). The molecular weight excluding hydrogens is 436 g/mol. The van der Waals surface area contributed by atoms with Crippen LogP contribution in [0.2, 0.25) is 5.15 Å². The fraction of sp³-hybridized carbons (Fsp3) is 0.227. The smallest absolute Gasteiger partial charge is 0.190 e. The molecule has 162 valence electrons. The van der Waals surface area contributed by atoms with Crippen LogP contribution >= 0.6 is 23.4 Å². The second-order valence-corrected chi connectivity index (χ2v) is 7.29. The van der Waals surface area contributed by atoms with Gasteiger partial charge in [-0.15, -0.1) is 0 Å². The number of hydrogen-bond acceptors (Lipinski definition) is 8. The Balaban J connectivity index is 1.84. The molecule has 0 atom stereocenters. The van der Waals surface area contributed by atoms with Crippen LogP contribution in [-0.2, 0) is 6.54 Å². The fourth-order valence-electron chi connectivity index (χ4n) is 2.68. The first kappa shape index (κ1) is 18.8. The van der Waals surface area contributed by atoms with Crippen molar-refractivity contribution >= 4 is 41.1 Å². The summed E-state index contributed by atoms with van der Waals surface area (Å²) in [7, 11) is 0.665. The molecule has 1 aromatic heterocycles. The van der Waals surface area contributed by atoms with E-state index in [2.05, 4.69) is 20.3 Å². The van der Waals surface area contributed by atoms with Crippen molar-refractivity contribution in [2.45, 2.75) is 11.7 Å². The first-order valence-corrected chi connectivity index (χ1v) is 10.7. The molecule has 1 N–H and O–H groups in total. The summed E-state index contributed by atoms with van der Waals surface area (Å²) in [5.41, 5.74) is 2.04. The number of nitrogens with zero attached hydrogens (tertiary/aromatic N) is 3. The van der Waals surface area contributed by atoms with Gasteiger partial charge in [0.05, 0.1) is 37.5 Å². The van der Waals surface area contributed by atoms with Gasteiger partial charge in [0.25, 0.3) is 0 Å². The van der Waals surface area contributed by atoms with E-state index in [4.69, 9.17) is 29.9 Å². The predicted molar refractivity (Wildman–Crippen MR) is 126 cm³/mol. The van der Waals surface area contributed by atoms with Gasteiger partial charge in [-0.2, -0.15) is 0 Å². The lowest BCUT2D eigenvalue weighted by molar-refractivity contribution is 0.391. The minimum absolute atomic E-state index is 0.228. The molecule has 0 spiro atoms. The van der Waals surface area contributed by atoms with Crippen molar-refractivity contribution in [3.05, 3.63) is 58.7 Å². The zero-order valence-electron chi connectivity index (χ0n) is 20.2. The zero-order valence-corrected chi connectivity index (χ0v) is 18.8. The Bertz CT molecular complexity index is 1160. The van der Waals surface area contributed by atoms with Crippen molar-refractivity contribution in [3.8, 4) is 17.2 Å². The number of hydrogen-bond donors (Lipinski definition) is 1. The third-order valence-corrected chi connectivity index (χ3v) is 5.11. The molecule has 9 heteroatoms. The van der Waals surface area contributed by atoms with E-state index in [1.165, 1.54) is 11.8 Å². The normalized spacial score (nSPS) is 12.7. The Morgan fingerprint density at radius 3 is 2.55 bits per heavy atom. The Labute approximate surface area is 195 Å².